The molecule has 0 aromatic heterocycles. The maximum absolute atomic E-state index is 14.3. The number of amides is 6. The van der Waals surface area contributed by atoms with Crippen LogP contribution in [0.4, 0.5) is 4.79 Å². The van der Waals surface area contributed by atoms with Crippen molar-refractivity contribution in [2.45, 2.75) is 56.9 Å². The first-order valence-corrected chi connectivity index (χ1v) is 13.8. The lowest BCUT2D eigenvalue weighted by molar-refractivity contribution is -0.171. The smallest absolute Gasteiger partial charge is 0.327 e. The third kappa shape index (κ3) is 7.23. The van der Waals surface area contributed by atoms with E-state index < -0.39 is 66.2 Å². The molecule has 230 valence electrons. The molecule has 9 N–H and O–H groups in total. The molecule has 43 heavy (non-hydrogen) atoms. The summed E-state index contributed by atoms with van der Waals surface area (Å²) in [6, 6.07) is 10.6. The van der Waals surface area contributed by atoms with E-state index in [9.17, 15) is 33.9 Å². The number of carboxylic acid groups (broad SMARTS) is 1. The highest BCUT2D eigenvalue weighted by Crippen LogP contribution is 2.35. The highest BCUT2D eigenvalue weighted by molar-refractivity contribution is 6.12. The number of carbonyl (C=O) groups is 6. The number of nitrogens with zero attached hydrogens (tertiary/aromatic N) is 2. The van der Waals surface area contributed by atoms with Crippen LogP contribution >= 0.6 is 0 Å². The number of carbonyl (C=O) groups excluding carboxylic acids is 5. The molecule has 0 aliphatic carbocycles. The predicted octanol–water partition coefficient (Wildman–Crippen LogP) is -0.291. The first-order valence-electron chi connectivity index (χ1n) is 13.8. The summed E-state index contributed by atoms with van der Waals surface area (Å²) in [6.45, 7) is 1.59. The molecule has 14 nitrogen and oxygen atoms in total. The van der Waals surface area contributed by atoms with Crippen LogP contribution in [0.1, 0.15) is 48.9 Å². The Kier molecular flexibility index (Phi) is 11.1. The van der Waals surface area contributed by atoms with E-state index in [1.54, 1.807) is 54.6 Å². The lowest BCUT2D eigenvalue weighted by atomic mass is 9.92. The zero-order chi connectivity index (χ0) is 31.7. The van der Waals surface area contributed by atoms with Crippen LogP contribution in [0.5, 0.6) is 0 Å². The van der Waals surface area contributed by atoms with Crippen molar-refractivity contribution < 1.29 is 33.9 Å². The summed E-state index contributed by atoms with van der Waals surface area (Å²) in [4.78, 5) is 81.6. The zero-order valence-corrected chi connectivity index (χ0v) is 23.8. The lowest BCUT2D eigenvalue weighted by Crippen LogP contribution is -2.74. The second-order valence-corrected chi connectivity index (χ2v) is 10.1. The molecular weight excluding hydrogens is 558 g/mol. The Balaban J connectivity index is 2.25. The van der Waals surface area contributed by atoms with E-state index in [-0.39, 0.29) is 13.1 Å². The molecule has 6 amide bonds. The topological polar surface area (TPSA) is 231 Å². The Labute approximate surface area is 248 Å². The van der Waals surface area contributed by atoms with Crippen molar-refractivity contribution in [3.8, 4) is 0 Å². The van der Waals surface area contributed by atoms with Gasteiger partial charge in [0.15, 0.2) is 0 Å². The number of unbranched alkanes of at least 4 members (excludes halogenated alkanes) is 1. The number of benzene rings is 2. The molecule has 2 aromatic carbocycles. The van der Waals surface area contributed by atoms with Crippen molar-refractivity contribution in [3.63, 3.8) is 0 Å². The molecule has 0 bridgehead atoms. The fraction of sp³-hybridized carbons (Fsp3) is 0.379. The molecule has 1 unspecified atom stereocenters. The summed E-state index contributed by atoms with van der Waals surface area (Å²) in [5.74, 6) is -5.64. The van der Waals surface area contributed by atoms with Crippen LogP contribution < -0.4 is 27.8 Å². The van der Waals surface area contributed by atoms with Gasteiger partial charge in [-0.3, -0.25) is 24.0 Å². The fourth-order valence-electron chi connectivity index (χ4n) is 4.98. The average Bonchev–Trinajstić information content (AvgIpc) is 3.28. The Bertz CT molecular complexity index is 1350. The van der Waals surface area contributed by atoms with Gasteiger partial charge in [0.05, 0.1) is 12.5 Å². The summed E-state index contributed by atoms with van der Waals surface area (Å²) < 4.78 is 0. The van der Waals surface area contributed by atoms with Crippen molar-refractivity contribution in [1.82, 2.24) is 20.4 Å². The monoisotopic (exact) mass is 595 g/mol. The largest absolute Gasteiger partial charge is 0.481 e. The van der Waals surface area contributed by atoms with Crippen LogP contribution in [0, 0.1) is 0 Å². The van der Waals surface area contributed by atoms with Crippen molar-refractivity contribution in [2.24, 2.45) is 17.2 Å². The first-order chi connectivity index (χ1) is 20.5. The van der Waals surface area contributed by atoms with Crippen molar-refractivity contribution >= 4 is 35.6 Å². The second kappa shape index (κ2) is 14.5. The van der Waals surface area contributed by atoms with Gasteiger partial charge >= 0.3 is 12.0 Å². The summed E-state index contributed by atoms with van der Waals surface area (Å²) in [6.07, 6.45) is -0.417. The molecule has 14 heteroatoms. The van der Waals surface area contributed by atoms with Gasteiger partial charge in [-0.25, -0.2) is 14.6 Å². The number of rotatable bonds is 14. The van der Waals surface area contributed by atoms with Gasteiger partial charge in [-0.2, -0.15) is 0 Å². The van der Waals surface area contributed by atoms with E-state index in [1.165, 1.54) is 0 Å². The second-order valence-electron chi connectivity index (χ2n) is 10.1. The Hall–Kier alpha value is -4.66. The van der Waals surface area contributed by atoms with Crippen molar-refractivity contribution in [1.29, 1.82) is 0 Å². The van der Waals surface area contributed by atoms with E-state index >= 15 is 0 Å². The number of aliphatic carboxylic acids is 1. The minimum Gasteiger partial charge on any atom is -0.481 e. The molecule has 1 fully saturated rings. The van der Waals surface area contributed by atoms with Crippen LogP contribution in [-0.4, -0.2) is 75.3 Å². The van der Waals surface area contributed by atoms with Gasteiger partial charge in [0.1, 0.15) is 6.04 Å². The van der Waals surface area contributed by atoms with Gasteiger partial charge in [-0.1, -0.05) is 54.6 Å². The Morgan fingerprint density at radius 1 is 1.02 bits per heavy atom. The summed E-state index contributed by atoms with van der Waals surface area (Å²) in [7, 11) is 0. The number of imide groups is 2. The summed E-state index contributed by atoms with van der Waals surface area (Å²) >= 11 is 0. The van der Waals surface area contributed by atoms with E-state index in [1.807, 2.05) is 0 Å². The molecule has 3 atom stereocenters. The first kappa shape index (κ1) is 32.8. The molecular formula is C29H37N7O7. The number of hydrogen-bond donors (Lipinski definition) is 6. The highest BCUT2D eigenvalue weighted by Gasteiger charge is 2.61. The maximum Gasteiger partial charge on any atom is 0.327 e. The van der Waals surface area contributed by atoms with Crippen LogP contribution in [-0.2, 0) is 36.9 Å². The average molecular weight is 596 g/mol. The molecule has 1 saturated heterocycles. The third-order valence-corrected chi connectivity index (χ3v) is 7.05. The van der Waals surface area contributed by atoms with E-state index in [0.29, 0.717) is 40.3 Å². The molecule has 1 heterocycles. The zero-order valence-electron chi connectivity index (χ0n) is 23.8. The van der Waals surface area contributed by atoms with E-state index in [0.717, 1.165) is 12.5 Å². The Morgan fingerprint density at radius 3 is 2.23 bits per heavy atom. The molecule has 3 rings (SSSR count). The number of urea groups is 1. The van der Waals surface area contributed by atoms with Crippen molar-refractivity contribution in [2.75, 3.05) is 13.1 Å². The molecule has 1 aliphatic rings. The van der Waals surface area contributed by atoms with Gasteiger partial charge in [0.25, 0.3) is 11.8 Å². The normalized spacial score (nSPS) is 16.7. The number of carboxylic acids is 1. The van der Waals surface area contributed by atoms with Gasteiger partial charge in [-0.15, -0.1) is 0 Å². The number of hydrogen-bond acceptors (Lipinski definition) is 9. The van der Waals surface area contributed by atoms with Gasteiger partial charge in [0.2, 0.25) is 17.5 Å². The van der Waals surface area contributed by atoms with Crippen LogP contribution in [0.25, 0.3) is 0 Å². The summed E-state index contributed by atoms with van der Waals surface area (Å²) in [5.41, 5.74) is 16.1. The van der Waals surface area contributed by atoms with Gasteiger partial charge in [-0.05, 0) is 36.1 Å². The minimum absolute atomic E-state index is 0.0430. The van der Waals surface area contributed by atoms with E-state index in [4.69, 9.17) is 17.2 Å². The van der Waals surface area contributed by atoms with Crippen LogP contribution in [0.15, 0.2) is 54.6 Å². The van der Waals surface area contributed by atoms with Gasteiger partial charge in [0, 0.05) is 26.4 Å². The van der Waals surface area contributed by atoms with Crippen LogP contribution in [0.3, 0.4) is 0 Å². The molecule has 0 saturated carbocycles. The standard InChI is InChI=1S/C29H37N7O7/c1-18(37)35(25(40)22(32)15-23(38)39)29(16-19-7-3-2-4-8-19,27(42)33-14-6-5-13-30)36-26(41)24(34-28(36)43)21-11-9-20(17-31)10-12-21/h2-4,7-12,22,24H,5-6,13-17,30-32H2,1H3,(H,33,42)(H,34,43)(H,38,39)/t22-,24?,29+/m0/s1. The predicted molar refractivity (Wildman–Crippen MR) is 154 cm³/mol. The lowest BCUT2D eigenvalue weighted by Gasteiger charge is -2.45. The maximum atomic E-state index is 14.3. The SMILES string of the molecule is CC(=O)N(C(=O)[C@@H](N)CC(=O)O)[C@@](Cc1ccccc1)(C(=O)NCCCCN)N1C(=O)NC(c2ccc(CN)cc2)C1=O. The minimum atomic E-state index is -2.60. The molecule has 2 aromatic rings. The van der Waals surface area contributed by atoms with E-state index in [2.05, 4.69) is 10.6 Å². The third-order valence-electron chi connectivity index (χ3n) is 7.05. The van der Waals surface area contributed by atoms with Crippen molar-refractivity contribution in [3.05, 3.63) is 71.3 Å². The quantitative estimate of drug-likeness (QED) is 0.123. The number of nitrogens with two attached hydrogens (primary N) is 3. The summed E-state index contributed by atoms with van der Waals surface area (Å²) in [5, 5.41) is 14.5. The Morgan fingerprint density at radius 2 is 1.67 bits per heavy atom. The molecule has 1 aliphatic heterocycles. The number of nitrogens with one attached hydrogen (secondary N) is 2. The molecule has 0 radical (unpaired) electrons. The van der Waals surface area contributed by atoms with Gasteiger partial charge < -0.3 is 32.9 Å². The fourth-order valence-corrected chi connectivity index (χ4v) is 4.98. The van der Waals surface area contributed by atoms with Crippen LogP contribution in [0.2, 0.25) is 0 Å². The molecule has 0 spiro atoms. The highest BCUT2D eigenvalue weighted by atomic mass is 16.4.